The van der Waals surface area contributed by atoms with Crippen LogP contribution in [0.3, 0.4) is 0 Å². The summed E-state index contributed by atoms with van der Waals surface area (Å²) < 4.78 is 0. The van der Waals surface area contributed by atoms with Crippen LogP contribution in [0.25, 0.3) is 0 Å². The van der Waals surface area contributed by atoms with Crippen LogP contribution in [0.2, 0.25) is 0 Å². The Bertz CT molecular complexity index is 434. The molecule has 0 radical (unpaired) electrons. The van der Waals surface area contributed by atoms with Gasteiger partial charge in [0.2, 0.25) is 0 Å². The standard InChI is InChI=1S/C15H20N2/c1-12-8-4-5-9-14(12)13(2)17-11-7-6-10-15(17)16-3/h4-11,13,15-16H,1-3H3. The summed E-state index contributed by atoms with van der Waals surface area (Å²) in [5.74, 6) is 0. The van der Waals surface area contributed by atoms with Gasteiger partial charge in [-0.15, -0.1) is 0 Å². The molecule has 2 nitrogen and oxygen atoms in total. The lowest BCUT2D eigenvalue weighted by Gasteiger charge is -2.36. The maximum absolute atomic E-state index is 3.31. The molecule has 0 bridgehead atoms. The molecule has 0 spiro atoms. The summed E-state index contributed by atoms with van der Waals surface area (Å²) in [6.45, 7) is 4.42. The summed E-state index contributed by atoms with van der Waals surface area (Å²) in [6, 6.07) is 8.95. The Morgan fingerprint density at radius 3 is 2.71 bits per heavy atom. The summed E-state index contributed by atoms with van der Waals surface area (Å²) in [5.41, 5.74) is 2.73. The number of allylic oxidation sites excluding steroid dienone is 2. The Labute approximate surface area is 104 Å². The highest BCUT2D eigenvalue weighted by atomic mass is 15.3. The van der Waals surface area contributed by atoms with Gasteiger partial charge in [-0.25, -0.2) is 0 Å². The molecule has 2 unspecified atom stereocenters. The molecule has 0 saturated carbocycles. The minimum Gasteiger partial charge on any atom is -0.352 e. The predicted octanol–water partition coefficient (Wildman–Crippen LogP) is 2.99. The summed E-state index contributed by atoms with van der Waals surface area (Å²) in [4.78, 5) is 2.34. The summed E-state index contributed by atoms with van der Waals surface area (Å²) >= 11 is 0. The fourth-order valence-corrected chi connectivity index (χ4v) is 2.34. The lowest BCUT2D eigenvalue weighted by atomic mass is 10.0. The van der Waals surface area contributed by atoms with E-state index in [4.69, 9.17) is 0 Å². The van der Waals surface area contributed by atoms with E-state index >= 15 is 0 Å². The smallest absolute Gasteiger partial charge is 0.0988 e. The van der Waals surface area contributed by atoms with Gasteiger partial charge >= 0.3 is 0 Å². The van der Waals surface area contributed by atoms with E-state index in [1.807, 2.05) is 7.05 Å². The van der Waals surface area contributed by atoms with E-state index in [-0.39, 0.29) is 6.17 Å². The molecule has 0 aliphatic carbocycles. The maximum atomic E-state index is 3.31. The quantitative estimate of drug-likeness (QED) is 0.855. The van der Waals surface area contributed by atoms with Crippen LogP contribution >= 0.6 is 0 Å². The van der Waals surface area contributed by atoms with Crippen molar-refractivity contribution in [3.8, 4) is 0 Å². The van der Waals surface area contributed by atoms with Gasteiger partial charge < -0.3 is 4.90 Å². The van der Waals surface area contributed by atoms with Crippen molar-refractivity contribution < 1.29 is 0 Å². The van der Waals surface area contributed by atoms with Crippen LogP contribution in [0, 0.1) is 6.92 Å². The van der Waals surface area contributed by atoms with E-state index in [0.717, 1.165) is 0 Å². The van der Waals surface area contributed by atoms with Gasteiger partial charge in [0, 0.05) is 6.20 Å². The van der Waals surface area contributed by atoms with Gasteiger partial charge in [0.15, 0.2) is 0 Å². The molecule has 1 aliphatic rings. The summed E-state index contributed by atoms with van der Waals surface area (Å²) in [5, 5.41) is 3.31. The van der Waals surface area contributed by atoms with Gasteiger partial charge in [-0.05, 0) is 44.2 Å². The van der Waals surface area contributed by atoms with Gasteiger partial charge in [-0.2, -0.15) is 0 Å². The van der Waals surface area contributed by atoms with E-state index in [2.05, 4.69) is 72.8 Å². The second-order valence-electron chi connectivity index (χ2n) is 4.44. The molecule has 2 rings (SSSR count). The van der Waals surface area contributed by atoms with Crippen LogP contribution in [0.15, 0.2) is 48.7 Å². The van der Waals surface area contributed by atoms with Crippen molar-refractivity contribution in [2.75, 3.05) is 7.05 Å². The van der Waals surface area contributed by atoms with Crippen molar-refractivity contribution in [3.63, 3.8) is 0 Å². The van der Waals surface area contributed by atoms with Crippen LogP contribution in [0.1, 0.15) is 24.1 Å². The maximum Gasteiger partial charge on any atom is 0.0988 e. The number of hydrogen-bond acceptors (Lipinski definition) is 2. The average molecular weight is 228 g/mol. The molecule has 1 aromatic carbocycles. The first kappa shape index (κ1) is 11.9. The zero-order valence-electron chi connectivity index (χ0n) is 10.7. The van der Waals surface area contributed by atoms with Crippen LogP contribution in [0.4, 0.5) is 0 Å². The fourth-order valence-electron chi connectivity index (χ4n) is 2.34. The Balaban J connectivity index is 2.25. The molecular formula is C15H20N2. The Kier molecular flexibility index (Phi) is 3.64. The van der Waals surface area contributed by atoms with Gasteiger partial charge in [-0.1, -0.05) is 30.3 Å². The first-order chi connectivity index (χ1) is 8.24. The van der Waals surface area contributed by atoms with Crippen molar-refractivity contribution in [2.24, 2.45) is 0 Å². The lowest BCUT2D eigenvalue weighted by Crippen LogP contribution is -2.41. The number of nitrogens with one attached hydrogen (secondary N) is 1. The second kappa shape index (κ2) is 5.19. The van der Waals surface area contributed by atoms with Crippen molar-refractivity contribution in [3.05, 3.63) is 59.8 Å². The Morgan fingerprint density at radius 2 is 2.00 bits per heavy atom. The molecule has 1 N–H and O–H groups in total. The highest BCUT2D eigenvalue weighted by Crippen LogP contribution is 2.26. The number of nitrogens with zero attached hydrogens (tertiary/aromatic N) is 1. The molecule has 0 amide bonds. The van der Waals surface area contributed by atoms with Crippen molar-refractivity contribution >= 4 is 0 Å². The molecule has 0 aromatic heterocycles. The van der Waals surface area contributed by atoms with Gasteiger partial charge in [-0.3, -0.25) is 5.32 Å². The van der Waals surface area contributed by atoms with E-state index in [1.165, 1.54) is 11.1 Å². The van der Waals surface area contributed by atoms with Crippen LogP contribution < -0.4 is 5.32 Å². The zero-order valence-corrected chi connectivity index (χ0v) is 10.7. The number of benzene rings is 1. The van der Waals surface area contributed by atoms with Gasteiger partial charge in [0.05, 0.1) is 12.2 Å². The second-order valence-corrected chi connectivity index (χ2v) is 4.44. The molecule has 0 saturated heterocycles. The average Bonchev–Trinajstić information content (AvgIpc) is 2.38. The highest BCUT2D eigenvalue weighted by molar-refractivity contribution is 5.29. The molecule has 0 fully saturated rings. The third-order valence-corrected chi connectivity index (χ3v) is 3.37. The fraction of sp³-hybridized carbons (Fsp3) is 0.333. The topological polar surface area (TPSA) is 15.3 Å². The number of likely N-dealkylation sites (N-methyl/N-ethyl adjacent to an activating group) is 1. The molecule has 17 heavy (non-hydrogen) atoms. The number of aryl methyl sites for hydroxylation is 1. The normalized spacial score (nSPS) is 20.6. The molecule has 2 atom stereocenters. The van der Waals surface area contributed by atoms with Crippen LogP contribution in [0.5, 0.6) is 0 Å². The molecule has 90 valence electrons. The number of rotatable bonds is 3. The van der Waals surface area contributed by atoms with Crippen molar-refractivity contribution in [2.45, 2.75) is 26.1 Å². The molecule has 2 heteroatoms. The Morgan fingerprint density at radius 1 is 1.24 bits per heavy atom. The predicted molar refractivity (Wildman–Crippen MR) is 72.6 cm³/mol. The minimum absolute atomic E-state index is 0.273. The summed E-state index contributed by atoms with van der Waals surface area (Å²) in [7, 11) is 1.99. The van der Waals surface area contributed by atoms with Crippen molar-refractivity contribution in [1.82, 2.24) is 10.2 Å². The minimum atomic E-state index is 0.273. The zero-order chi connectivity index (χ0) is 12.3. The van der Waals surface area contributed by atoms with Crippen molar-refractivity contribution in [1.29, 1.82) is 0 Å². The molecule has 1 heterocycles. The Hall–Kier alpha value is -1.54. The lowest BCUT2D eigenvalue weighted by molar-refractivity contribution is 0.225. The van der Waals surface area contributed by atoms with E-state index in [0.29, 0.717) is 6.04 Å². The first-order valence-corrected chi connectivity index (χ1v) is 6.09. The first-order valence-electron chi connectivity index (χ1n) is 6.09. The van der Waals surface area contributed by atoms with Gasteiger partial charge in [0.1, 0.15) is 0 Å². The van der Waals surface area contributed by atoms with E-state index in [1.54, 1.807) is 0 Å². The van der Waals surface area contributed by atoms with Gasteiger partial charge in [0.25, 0.3) is 0 Å². The SMILES string of the molecule is CNC1C=CC=CN1C(C)c1ccccc1C. The highest BCUT2D eigenvalue weighted by Gasteiger charge is 2.20. The largest absolute Gasteiger partial charge is 0.352 e. The monoisotopic (exact) mass is 228 g/mol. The molecule has 1 aromatic rings. The summed E-state index contributed by atoms with van der Waals surface area (Å²) in [6.07, 6.45) is 8.77. The third-order valence-electron chi connectivity index (χ3n) is 3.37. The van der Waals surface area contributed by atoms with Crippen LogP contribution in [-0.2, 0) is 0 Å². The van der Waals surface area contributed by atoms with Crippen LogP contribution in [-0.4, -0.2) is 18.1 Å². The van der Waals surface area contributed by atoms with E-state index in [9.17, 15) is 0 Å². The van der Waals surface area contributed by atoms with E-state index < -0.39 is 0 Å². The molecular weight excluding hydrogens is 208 g/mol. The third kappa shape index (κ3) is 2.42. The molecule has 1 aliphatic heterocycles. The number of hydrogen-bond donors (Lipinski definition) is 1.